The second-order valence-corrected chi connectivity index (χ2v) is 19.1. The van der Waals surface area contributed by atoms with E-state index in [-0.39, 0.29) is 160 Å². The van der Waals surface area contributed by atoms with E-state index in [1.807, 2.05) is 78.9 Å². The molecule has 0 N–H and O–H groups in total. The molecule has 38 radical (unpaired) electrons. The van der Waals surface area contributed by atoms with Gasteiger partial charge in [0.15, 0.2) is 17.5 Å². The number of hydrogen-bond acceptors (Lipinski definition) is 4. The Morgan fingerprint density at radius 3 is 1.23 bits per heavy atom. The molecule has 0 unspecified atom stereocenters. The minimum absolute atomic E-state index is 0.00721. The van der Waals surface area contributed by atoms with Gasteiger partial charge in [-0.3, -0.25) is 0 Å². The van der Waals surface area contributed by atoms with E-state index in [9.17, 15) is 0 Å². The highest BCUT2D eigenvalue weighted by Crippen LogP contribution is 2.34. The van der Waals surface area contributed by atoms with E-state index in [0.29, 0.717) is 25.7 Å². The van der Waals surface area contributed by atoms with Gasteiger partial charge in [0.05, 0.1) is 0 Å². The molecular formula is C51H13B19N4S. The SMILES string of the molecule is [B]c1c([B])c([B])c(-n2c3c([B])c([B])c([B])c([B])c3c3c([B])c([B])c(-c4nc(-c5cccc(-c6ccc(-c7ccccc7)cc6)c5)nc(-c5c([B])c([B])c6c(sc7c([B])c([B])c([B])c([B])c76)c5[B])n4)c([B])c32)c([B])c1[B]. The van der Waals surface area contributed by atoms with Crippen LogP contribution in [-0.4, -0.2) is 169 Å². The van der Waals surface area contributed by atoms with Crippen molar-refractivity contribution in [2.45, 2.75) is 0 Å². The van der Waals surface area contributed by atoms with Crippen LogP contribution in [0.2, 0.25) is 0 Å². The van der Waals surface area contributed by atoms with Gasteiger partial charge in [0.25, 0.3) is 0 Å². The van der Waals surface area contributed by atoms with Crippen LogP contribution in [0.15, 0.2) is 78.9 Å². The van der Waals surface area contributed by atoms with E-state index in [1.165, 1.54) is 15.9 Å². The van der Waals surface area contributed by atoms with Gasteiger partial charge in [0, 0.05) is 42.8 Å². The van der Waals surface area contributed by atoms with E-state index in [4.69, 9.17) is 164 Å². The predicted molar refractivity (Wildman–Crippen MR) is 337 cm³/mol. The first-order valence-corrected chi connectivity index (χ1v) is 23.5. The molecule has 11 rings (SSSR count). The Kier molecular flexibility index (Phi) is 12.7. The molecule has 0 fully saturated rings. The Morgan fingerprint density at radius 1 is 0.280 bits per heavy atom. The molecule has 0 aliphatic rings. The monoisotopic (exact) mass is 922 g/mol. The molecule has 0 aliphatic carbocycles. The maximum absolute atomic E-state index is 7.41. The van der Waals surface area contributed by atoms with E-state index in [0.717, 1.165) is 22.3 Å². The van der Waals surface area contributed by atoms with Gasteiger partial charge >= 0.3 is 0 Å². The minimum Gasteiger partial charge on any atom is -0.312 e. The van der Waals surface area contributed by atoms with Crippen LogP contribution in [0.1, 0.15) is 0 Å². The Hall–Kier alpha value is -5.98. The zero-order valence-electron chi connectivity index (χ0n) is 39.7. The third-order valence-corrected chi connectivity index (χ3v) is 15.2. The summed E-state index contributed by atoms with van der Waals surface area (Å²) in [5.41, 5.74) is 4.63. The second-order valence-electron chi connectivity index (χ2n) is 18.1. The zero-order chi connectivity index (χ0) is 53.5. The quantitative estimate of drug-likeness (QED) is 0.156. The zero-order valence-corrected chi connectivity index (χ0v) is 40.5. The highest BCUT2D eigenvalue weighted by molar-refractivity contribution is 7.28. The molecule has 75 heavy (non-hydrogen) atoms. The Balaban J connectivity index is 1.24. The first-order chi connectivity index (χ1) is 35.7. The summed E-state index contributed by atoms with van der Waals surface area (Å²) in [5, 5.41) is 1.23. The third kappa shape index (κ3) is 7.56. The lowest BCUT2D eigenvalue weighted by Crippen LogP contribution is -2.56. The molecule has 3 aromatic heterocycles. The molecule has 4 nitrogen and oxygen atoms in total. The molecule has 0 saturated heterocycles. The van der Waals surface area contributed by atoms with Crippen LogP contribution in [0.25, 0.3) is 104 Å². The van der Waals surface area contributed by atoms with Crippen LogP contribution in [0.3, 0.4) is 0 Å². The largest absolute Gasteiger partial charge is 0.312 e. The number of benzene rings is 8. The van der Waals surface area contributed by atoms with Crippen molar-refractivity contribution in [3.8, 4) is 62.1 Å². The molecule has 0 bridgehead atoms. The molecule has 11 aromatic rings. The minimum atomic E-state index is -0.104. The third-order valence-electron chi connectivity index (χ3n) is 14.0. The summed E-state index contributed by atoms with van der Waals surface area (Å²) in [5.74, 6) is -0.0263. The van der Waals surface area contributed by atoms with Crippen molar-refractivity contribution in [2.75, 3.05) is 0 Å². The van der Waals surface area contributed by atoms with Crippen molar-refractivity contribution in [3.05, 3.63) is 78.9 Å². The summed E-state index contributed by atoms with van der Waals surface area (Å²) in [4.78, 5) is 15.1. The number of hydrogen-bond donors (Lipinski definition) is 0. The van der Waals surface area contributed by atoms with E-state index < -0.39 is 0 Å². The first kappa shape index (κ1) is 51.1. The van der Waals surface area contributed by atoms with Crippen LogP contribution in [0, 0.1) is 0 Å². The average molecular weight is 919 g/mol. The standard InChI is InChI=1S/C51H13B19N4S/c52-25-19-20-26(53)33(60)36(63)40(67)45(20)74(46-41(68)37(64)35(62)38(65)42(46)69)44(19)31(58)23(29(25)56)50-71-49(18-8-4-7-17(13-18)16-11-9-15(10-12-16)14-5-2-1-3-6-14)72-51(73-50)24-30(57)27(54)21-22-28(55)34(61)39(66)43(70)48(22)75-47(21)32(24)59/h1-13H. The second kappa shape index (κ2) is 18.6. The molecule has 300 valence electrons. The maximum atomic E-state index is 7.41. The summed E-state index contributed by atoms with van der Waals surface area (Å²) in [6.07, 6.45) is 0. The molecule has 0 saturated carbocycles. The molecule has 3 heterocycles. The smallest absolute Gasteiger partial charge is 0.164 e. The summed E-state index contributed by atoms with van der Waals surface area (Å²) < 4.78 is 2.42. The number of nitrogens with zero attached hydrogens (tertiary/aromatic N) is 4. The number of aromatic nitrogens is 4. The Morgan fingerprint density at radius 2 is 0.653 bits per heavy atom. The summed E-state index contributed by atoms with van der Waals surface area (Å²) in [6, 6.07) is 25.7. The maximum Gasteiger partial charge on any atom is 0.164 e. The van der Waals surface area contributed by atoms with Crippen molar-refractivity contribution in [1.82, 2.24) is 19.5 Å². The van der Waals surface area contributed by atoms with Gasteiger partial charge in [-0.15, -0.1) is 49.6 Å². The van der Waals surface area contributed by atoms with Crippen molar-refractivity contribution in [2.24, 2.45) is 0 Å². The van der Waals surface area contributed by atoms with Gasteiger partial charge in [-0.1, -0.05) is 138 Å². The van der Waals surface area contributed by atoms with Gasteiger partial charge in [-0.2, -0.15) is 0 Å². The van der Waals surface area contributed by atoms with Crippen LogP contribution >= 0.6 is 11.3 Å². The lowest BCUT2D eigenvalue weighted by atomic mass is 9.61. The van der Waals surface area contributed by atoms with Gasteiger partial charge < -0.3 is 4.57 Å². The highest BCUT2D eigenvalue weighted by atomic mass is 32.1. The van der Waals surface area contributed by atoms with Crippen LogP contribution in [0.5, 0.6) is 0 Å². The highest BCUT2D eigenvalue weighted by Gasteiger charge is 2.29. The normalized spacial score (nSPS) is 11.7. The number of thiophene rings is 1. The van der Waals surface area contributed by atoms with Crippen molar-refractivity contribution >= 4 is 306 Å². The lowest BCUT2D eigenvalue weighted by molar-refractivity contribution is 1.08. The van der Waals surface area contributed by atoms with Crippen LogP contribution in [-0.2, 0) is 0 Å². The Bertz CT molecular complexity index is 4320. The molecule has 0 aliphatic heterocycles. The summed E-state index contributed by atoms with van der Waals surface area (Å²) >= 11 is 1.19. The molecule has 0 amide bonds. The average Bonchev–Trinajstić information content (AvgIpc) is 4.05. The fourth-order valence-electron chi connectivity index (χ4n) is 9.93. The van der Waals surface area contributed by atoms with Crippen molar-refractivity contribution in [3.63, 3.8) is 0 Å². The van der Waals surface area contributed by atoms with Gasteiger partial charge in [0.2, 0.25) is 0 Å². The molecule has 0 atom stereocenters. The molecule has 8 aromatic carbocycles. The van der Waals surface area contributed by atoms with Gasteiger partial charge in [0.1, 0.15) is 149 Å². The molecular weight excluding hydrogens is 906 g/mol. The predicted octanol–water partition coefficient (Wildman–Crippen LogP) is -9.25. The van der Waals surface area contributed by atoms with Crippen molar-refractivity contribution in [1.29, 1.82) is 0 Å². The van der Waals surface area contributed by atoms with Crippen LogP contribution in [0.4, 0.5) is 0 Å². The number of rotatable bonds is 6. The van der Waals surface area contributed by atoms with Crippen LogP contribution < -0.4 is 104 Å². The van der Waals surface area contributed by atoms with E-state index in [1.54, 1.807) is 0 Å². The van der Waals surface area contributed by atoms with E-state index in [2.05, 4.69) is 0 Å². The number of fused-ring (bicyclic) bond motifs is 6. The lowest BCUT2D eigenvalue weighted by Gasteiger charge is -2.25. The van der Waals surface area contributed by atoms with Gasteiger partial charge in [-0.25, -0.2) is 15.0 Å². The molecule has 24 heteroatoms. The van der Waals surface area contributed by atoms with Crippen molar-refractivity contribution < 1.29 is 0 Å². The van der Waals surface area contributed by atoms with Gasteiger partial charge in [-0.05, 0) is 49.9 Å². The van der Waals surface area contributed by atoms with E-state index >= 15 is 0 Å². The topological polar surface area (TPSA) is 43.6 Å². The molecule has 0 spiro atoms. The Labute approximate surface area is 463 Å². The fraction of sp³-hybridized carbons (Fsp3) is 0. The first-order valence-electron chi connectivity index (χ1n) is 22.7. The fourth-order valence-corrected chi connectivity index (χ4v) is 11.2. The summed E-state index contributed by atoms with van der Waals surface area (Å²) in [7, 11) is 128. The summed E-state index contributed by atoms with van der Waals surface area (Å²) in [6.45, 7) is 0.